The van der Waals surface area contributed by atoms with Gasteiger partial charge in [0, 0.05) is 18.7 Å². The molecule has 0 aliphatic rings. The maximum Gasteiger partial charge on any atom is 0.261 e. The molecule has 0 fully saturated rings. The van der Waals surface area contributed by atoms with Gasteiger partial charge in [-0.2, -0.15) is 0 Å². The second kappa shape index (κ2) is 7.84. The van der Waals surface area contributed by atoms with Gasteiger partial charge in [0.15, 0.2) is 11.5 Å². The van der Waals surface area contributed by atoms with Crippen molar-refractivity contribution in [2.24, 2.45) is 0 Å². The summed E-state index contributed by atoms with van der Waals surface area (Å²) in [6, 6.07) is 5.18. The minimum absolute atomic E-state index is 0.0843. The third-order valence-electron chi connectivity index (χ3n) is 2.28. The molecule has 2 N–H and O–H groups in total. The molecule has 0 atom stereocenters. The molecule has 1 aromatic rings. The Kier molecular flexibility index (Phi) is 6.38. The van der Waals surface area contributed by atoms with E-state index in [0.29, 0.717) is 24.4 Å². The number of halogens is 2. The molecule has 0 spiro atoms. The van der Waals surface area contributed by atoms with Crippen molar-refractivity contribution in [1.29, 1.82) is 0 Å². The Labute approximate surface area is 105 Å². The molecule has 0 unspecified atom stereocenters. The van der Waals surface area contributed by atoms with E-state index in [-0.39, 0.29) is 12.4 Å². The third-order valence-corrected chi connectivity index (χ3v) is 2.28. The van der Waals surface area contributed by atoms with Crippen LogP contribution in [0.15, 0.2) is 18.2 Å². The second-order valence-corrected chi connectivity index (χ2v) is 3.61. The summed E-state index contributed by atoms with van der Waals surface area (Å²) in [5, 5.41) is 12.8. The highest BCUT2D eigenvalue weighted by Gasteiger charge is 2.06. The van der Waals surface area contributed by atoms with Crippen LogP contribution in [-0.2, 0) is 11.3 Å². The molecule has 1 aromatic carbocycles. The molecule has 102 valence electrons. The van der Waals surface area contributed by atoms with E-state index in [1.165, 1.54) is 7.11 Å². The van der Waals surface area contributed by atoms with E-state index in [0.717, 1.165) is 0 Å². The minimum atomic E-state index is -2.44. The molecule has 0 heterocycles. The van der Waals surface area contributed by atoms with Gasteiger partial charge in [-0.05, 0) is 6.07 Å². The summed E-state index contributed by atoms with van der Waals surface area (Å²) >= 11 is 0. The highest BCUT2D eigenvalue weighted by atomic mass is 19.3. The maximum absolute atomic E-state index is 11.8. The highest BCUT2D eigenvalue weighted by molar-refractivity contribution is 5.45. The SMILES string of the molecule is COc1cccc(CNCCOCC(F)F)c1O. The number of ether oxygens (including phenoxy) is 2. The first kappa shape index (κ1) is 14.7. The topological polar surface area (TPSA) is 50.7 Å². The van der Waals surface area contributed by atoms with Gasteiger partial charge in [0.05, 0.1) is 13.7 Å². The van der Waals surface area contributed by atoms with E-state index in [1.807, 2.05) is 0 Å². The molecule has 18 heavy (non-hydrogen) atoms. The van der Waals surface area contributed by atoms with Crippen LogP contribution in [0, 0.1) is 0 Å². The van der Waals surface area contributed by atoms with Crippen LogP contribution in [0.5, 0.6) is 11.5 Å². The zero-order chi connectivity index (χ0) is 13.4. The Morgan fingerprint density at radius 1 is 1.39 bits per heavy atom. The summed E-state index contributed by atoms with van der Waals surface area (Å²) in [5.41, 5.74) is 0.684. The number of hydrogen-bond acceptors (Lipinski definition) is 4. The van der Waals surface area contributed by atoms with Gasteiger partial charge >= 0.3 is 0 Å². The largest absolute Gasteiger partial charge is 0.504 e. The molecule has 0 saturated carbocycles. The molecule has 0 saturated heterocycles. The number of hydrogen-bond donors (Lipinski definition) is 2. The molecule has 0 aliphatic carbocycles. The first-order valence-corrected chi connectivity index (χ1v) is 5.56. The normalized spacial score (nSPS) is 10.9. The van der Waals surface area contributed by atoms with Gasteiger partial charge in [0.25, 0.3) is 6.43 Å². The molecule has 0 bridgehead atoms. The van der Waals surface area contributed by atoms with Gasteiger partial charge in [-0.3, -0.25) is 0 Å². The lowest BCUT2D eigenvalue weighted by atomic mass is 10.2. The molecular weight excluding hydrogens is 244 g/mol. The molecule has 0 aliphatic heterocycles. The summed E-state index contributed by atoms with van der Waals surface area (Å²) in [6.07, 6.45) is -2.44. The number of nitrogens with one attached hydrogen (secondary N) is 1. The summed E-state index contributed by atoms with van der Waals surface area (Å²) in [5.74, 6) is 0.490. The van der Waals surface area contributed by atoms with Crippen molar-refractivity contribution in [3.05, 3.63) is 23.8 Å². The first-order valence-electron chi connectivity index (χ1n) is 5.56. The van der Waals surface area contributed by atoms with Crippen molar-refractivity contribution in [3.63, 3.8) is 0 Å². The van der Waals surface area contributed by atoms with E-state index in [4.69, 9.17) is 9.47 Å². The molecule has 1 rings (SSSR count). The van der Waals surface area contributed by atoms with Gasteiger partial charge in [-0.1, -0.05) is 12.1 Å². The number of rotatable bonds is 8. The summed E-state index contributed by atoms with van der Waals surface area (Å²) < 4.78 is 33.2. The lowest BCUT2D eigenvalue weighted by Gasteiger charge is -2.10. The van der Waals surface area contributed by atoms with Gasteiger partial charge in [0.2, 0.25) is 0 Å². The number of aromatic hydroxyl groups is 1. The van der Waals surface area contributed by atoms with Crippen molar-refractivity contribution >= 4 is 0 Å². The van der Waals surface area contributed by atoms with Gasteiger partial charge in [0.1, 0.15) is 6.61 Å². The molecule has 6 heteroatoms. The Morgan fingerprint density at radius 2 is 2.17 bits per heavy atom. The number of phenolic OH excluding ortho intramolecular Hbond substituents is 1. The van der Waals surface area contributed by atoms with Crippen LogP contribution < -0.4 is 10.1 Å². The number of phenols is 1. The van der Waals surface area contributed by atoms with Gasteiger partial charge in [-0.15, -0.1) is 0 Å². The predicted molar refractivity (Wildman–Crippen MR) is 63.2 cm³/mol. The van der Waals surface area contributed by atoms with E-state index in [2.05, 4.69) is 5.32 Å². The molecule has 0 aromatic heterocycles. The van der Waals surface area contributed by atoms with Gasteiger partial charge < -0.3 is 19.9 Å². The van der Waals surface area contributed by atoms with Crippen molar-refractivity contribution in [3.8, 4) is 11.5 Å². The molecule has 4 nitrogen and oxygen atoms in total. The lowest BCUT2D eigenvalue weighted by Crippen LogP contribution is -2.20. The Morgan fingerprint density at radius 3 is 2.83 bits per heavy atom. The minimum Gasteiger partial charge on any atom is -0.504 e. The first-order chi connectivity index (χ1) is 8.65. The average molecular weight is 261 g/mol. The van der Waals surface area contributed by atoms with Crippen LogP contribution >= 0.6 is 0 Å². The van der Waals surface area contributed by atoms with Crippen LogP contribution in [0.4, 0.5) is 8.78 Å². The van der Waals surface area contributed by atoms with Crippen LogP contribution in [0.1, 0.15) is 5.56 Å². The number of methoxy groups -OCH3 is 1. The number of alkyl halides is 2. The second-order valence-electron chi connectivity index (χ2n) is 3.61. The fourth-order valence-electron chi connectivity index (χ4n) is 1.41. The van der Waals surface area contributed by atoms with E-state index in [9.17, 15) is 13.9 Å². The van der Waals surface area contributed by atoms with Crippen molar-refractivity contribution in [1.82, 2.24) is 5.32 Å². The summed E-state index contributed by atoms with van der Waals surface area (Å²) in [4.78, 5) is 0. The zero-order valence-electron chi connectivity index (χ0n) is 10.2. The smallest absolute Gasteiger partial charge is 0.261 e. The fourth-order valence-corrected chi connectivity index (χ4v) is 1.41. The third kappa shape index (κ3) is 4.85. The zero-order valence-corrected chi connectivity index (χ0v) is 10.2. The van der Waals surface area contributed by atoms with Crippen LogP contribution in [-0.4, -0.2) is 38.4 Å². The van der Waals surface area contributed by atoms with Crippen molar-refractivity contribution < 1.29 is 23.4 Å². The standard InChI is InChI=1S/C12H17F2NO3/c1-17-10-4-2-3-9(12(10)16)7-15-5-6-18-8-11(13)14/h2-4,11,15-16H,5-8H2,1H3. The van der Waals surface area contributed by atoms with E-state index < -0.39 is 13.0 Å². The van der Waals surface area contributed by atoms with E-state index in [1.54, 1.807) is 18.2 Å². The number of benzene rings is 1. The highest BCUT2D eigenvalue weighted by Crippen LogP contribution is 2.28. The number of para-hydroxylation sites is 1. The molecule has 0 amide bonds. The van der Waals surface area contributed by atoms with Crippen LogP contribution in [0.3, 0.4) is 0 Å². The predicted octanol–water partition coefficient (Wildman–Crippen LogP) is 1.77. The van der Waals surface area contributed by atoms with Crippen molar-refractivity contribution in [2.75, 3.05) is 26.9 Å². The quantitative estimate of drug-likeness (QED) is 0.700. The molecular formula is C12H17F2NO3. The summed E-state index contributed by atoms with van der Waals surface area (Å²) in [7, 11) is 1.48. The van der Waals surface area contributed by atoms with Gasteiger partial charge in [-0.25, -0.2) is 8.78 Å². The Balaban J connectivity index is 2.27. The molecule has 0 radical (unpaired) electrons. The monoisotopic (exact) mass is 261 g/mol. The Bertz CT molecular complexity index is 361. The van der Waals surface area contributed by atoms with E-state index >= 15 is 0 Å². The fraction of sp³-hybridized carbons (Fsp3) is 0.500. The van der Waals surface area contributed by atoms with Crippen LogP contribution in [0.2, 0.25) is 0 Å². The lowest BCUT2D eigenvalue weighted by molar-refractivity contribution is 0.0187. The summed E-state index contributed by atoms with van der Waals surface area (Å²) in [6.45, 7) is 0.506. The maximum atomic E-state index is 11.8. The van der Waals surface area contributed by atoms with Crippen LogP contribution in [0.25, 0.3) is 0 Å². The van der Waals surface area contributed by atoms with Crippen molar-refractivity contribution in [2.45, 2.75) is 13.0 Å². The average Bonchev–Trinajstić information content (AvgIpc) is 2.35. The Hall–Kier alpha value is -1.40.